The molecule has 18 heavy (non-hydrogen) atoms. The fourth-order valence-electron chi connectivity index (χ4n) is 2.54. The molecule has 6 heteroatoms. The summed E-state index contributed by atoms with van der Waals surface area (Å²) in [6, 6.07) is 0.314. The molecule has 1 heterocycles. The highest BCUT2D eigenvalue weighted by atomic mass is 16.5. The number of carbonyl (C=O) groups is 2. The Balaban J connectivity index is 1.74. The summed E-state index contributed by atoms with van der Waals surface area (Å²) in [6.45, 7) is 1.53. The predicted molar refractivity (Wildman–Crippen MR) is 64.2 cm³/mol. The van der Waals surface area contributed by atoms with Gasteiger partial charge in [0.15, 0.2) is 6.10 Å². The van der Waals surface area contributed by atoms with Crippen LogP contribution in [0.15, 0.2) is 0 Å². The zero-order valence-corrected chi connectivity index (χ0v) is 10.4. The van der Waals surface area contributed by atoms with Crippen LogP contribution in [0.4, 0.5) is 0 Å². The normalized spacial score (nSPS) is 26.1. The van der Waals surface area contributed by atoms with Crippen LogP contribution in [0, 0.1) is 0 Å². The second-order valence-electron chi connectivity index (χ2n) is 4.98. The lowest BCUT2D eigenvalue weighted by Crippen LogP contribution is -2.50. The number of carboxylic acids is 1. The zero-order valence-electron chi connectivity index (χ0n) is 10.4. The molecule has 1 amide bonds. The molecule has 0 bridgehead atoms. The third kappa shape index (κ3) is 3.68. The van der Waals surface area contributed by atoms with Gasteiger partial charge in [-0.25, -0.2) is 4.79 Å². The first kappa shape index (κ1) is 13.3. The van der Waals surface area contributed by atoms with Crippen molar-refractivity contribution < 1.29 is 19.4 Å². The lowest BCUT2D eigenvalue weighted by atomic mass is 10.2. The van der Waals surface area contributed by atoms with Gasteiger partial charge in [0.25, 0.3) is 0 Å². The van der Waals surface area contributed by atoms with E-state index in [9.17, 15) is 9.59 Å². The number of amides is 1. The van der Waals surface area contributed by atoms with Crippen molar-refractivity contribution in [2.75, 3.05) is 26.2 Å². The van der Waals surface area contributed by atoms with Gasteiger partial charge in [0.05, 0.1) is 13.2 Å². The summed E-state index contributed by atoms with van der Waals surface area (Å²) in [6.07, 6.45) is 3.69. The van der Waals surface area contributed by atoms with Gasteiger partial charge in [-0.05, 0) is 12.8 Å². The average Bonchev–Trinajstić information content (AvgIpc) is 2.82. The molecule has 0 radical (unpaired) electrons. The standard InChI is InChI=1S/C12H20N2O4/c15-11(13-9-3-1-2-4-9)8-14-5-6-18-10(7-14)12(16)17/h9-10H,1-8H2,(H,13,15)(H,16,17). The van der Waals surface area contributed by atoms with Crippen LogP contribution in [0.5, 0.6) is 0 Å². The summed E-state index contributed by atoms with van der Waals surface area (Å²) in [5.74, 6) is -0.969. The van der Waals surface area contributed by atoms with Crippen LogP contribution in [-0.2, 0) is 14.3 Å². The number of hydrogen-bond donors (Lipinski definition) is 2. The summed E-state index contributed by atoms with van der Waals surface area (Å²) < 4.78 is 5.11. The van der Waals surface area contributed by atoms with E-state index in [0.717, 1.165) is 12.8 Å². The van der Waals surface area contributed by atoms with Crippen molar-refractivity contribution in [3.63, 3.8) is 0 Å². The van der Waals surface area contributed by atoms with Gasteiger partial charge in [-0.3, -0.25) is 9.69 Å². The number of nitrogens with one attached hydrogen (secondary N) is 1. The van der Waals surface area contributed by atoms with E-state index in [1.807, 2.05) is 4.90 Å². The fourth-order valence-corrected chi connectivity index (χ4v) is 2.54. The van der Waals surface area contributed by atoms with Crippen molar-refractivity contribution in [2.45, 2.75) is 37.8 Å². The van der Waals surface area contributed by atoms with Gasteiger partial charge >= 0.3 is 5.97 Å². The summed E-state index contributed by atoms with van der Waals surface area (Å²) in [5, 5.41) is 11.9. The van der Waals surface area contributed by atoms with Crippen LogP contribution in [0.2, 0.25) is 0 Å². The molecule has 2 fully saturated rings. The quantitative estimate of drug-likeness (QED) is 0.730. The molecule has 0 spiro atoms. The van der Waals surface area contributed by atoms with Crippen molar-refractivity contribution in [1.82, 2.24) is 10.2 Å². The first-order valence-corrected chi connectivity index (χ1v) is 6.51. The Kier molecular flexibility index (Phi) is 4.54. The molecule has 0 aromatic carbocycles. The second-order valence-corrected chi connectivity index (χ2v) is 4.98. The maximum Gasteiger partial charge on any atom is 0.334 e. The highest BCUT2D eigenvalue weighted by molar-refractivity contribution is 5.78. The Morgan fingerprint density at radius 2 is 2.06 bits per heavy atom. The zero-order chi connectivity index (χ0) is 13.0. The largest absolute Gasteiger partial charge is 0.479 e. The van der Waals surface area contributed by atoms with E-state index in [2.05, 4.69) is 5.32 Å². The maximum atomic E-state index is 11.8. The molecule has 2 N–H and O–H groups in total. The van der Waals surface area contributed by atoms with Crippen molar-refractivity contribution in [1.29, 1.82) is 0 Å². The molecule has 1 atom stereocenters. The molecule has 102 valence electrons. The Hall–Kier alpha value is -1.14. The molecule has 1 saturated heterocycles. The number of rotatable bonds is 4. The van der Waals surface area contributed by atoms with Gasteiger partial charge in [0, 0.05) is 19.1 Å². The third-order valence-corrected chi connectivity index (χ3v) is 3.51. The van der Waals surface area contributed by atoms with Crippen LogP contribution >= 0.6 is 0 Å². The van der Waals surface area contributed by atoms with Crippen molar-refractivity contribution >= 4 is 11.9 Å². The fraction of sp³-hybridized carbons (Fsp3) is 0.833. The topological polar surface area (TPSA) is 78.9 Å². The molecule has 0 aromatic heterocycles. The molecule has 1 unspecified atom stereocenters. The Morgan fingerprint density at radius 3 is 2.72 bits per heavy atom. The van der Waals surface area contributed by atoms with Gasteiger partial charge in [-0.15, -0.1) is 0 Å². The van der Waals surface area contributed by atoms with Crippen molar-refractivity contribution in [2.24, 2.45) is 0 Å². The van der Waals surface area contributed by atoms with Gasteiger partial charge in [-0.2, -0.15) is 0 Å². The first-order valence-electron chi connectivity index (χ1n) is 6.51. The van der Waals surface area contributed by atoms with Crippen LogP contribution in [0.25, 0.3) is 0 Å². The summed E-state index contributed by atoms with van der Waals surface area (Å²) in [4.78, 5) is 24.5. The molecular formula is C12H20N2O4. The minimum absolute atomic E-state index is 0.00654. The van der Waals surface area contributed by atoms with E-state index in [1.165, 1.54) is 12.8 Å². The van der Waals surface area contributed by atoms with Gasteiger partial charge in [-0.1, -0.05) is 12.8 Å². The molecule has 2 rings (SSSR count). The molecule has 1 aliphatic carbocycles. The SMILES string of the molecule is O=C(CN1CCOC(C(=O)O)C1)NC1CCCC1. The molecule has 1 saturated carbocycles. The summed E-state index contributed by atoms with van der Waals surface area (Å²) in [5.41, 5.74) is 0. The van der Waals surface area contributed by atoms with E-state index >= 15 is 0 Å². The number of nitrogens with zero attached hydrogens (tertiary/aromatic N) is 1. The number of hydrogen-bond acceptors (Lipinski definition) is 4. The number of carboxylic acid groups (broad SMARTS) is 1. The monoisotopic (exact) mass is 256 g/mol. The summed E-state index contributed by atoms with van der Waals surface area (Å²) in [7, 11) is 0. The van der Waals surface area contributed by atoms with Crippen LogP contribution in [0.3, 0.4) is 0 Å². The van der Waals surface area contributed by atoms with Crippen LogP contribution in [0.1, 0.15) is 25.7 Å². The minimum Gasteiger partial charge on any atom is -0.479 e. The summed E-state index contributed by atoms with van der Waals surface area (Å²) >= 11 is 0. The molecular weight excluding hydrogens is 236 g/mol. The van der Waals surface area contributed by atoms with E-state index in [1.54, 1.807) is 0 Å². The van der Waals surface area contributed by atoms with E-state index in [-0.39, 0.29) is 19.0 Å². The predicted octanol–water partition coefficient (Wildman–Crippen LogP) is -0.169. The number of ether oxygens (including phenoxy) is 1. The first-order chi connectivity index (χ1) is 8.65. The Labute approximate surface area is 106 Å². The van der Waals surface area contributed by atoms with Crippen LogP contribution < -0.4 is 5.32 Å². The highest BCUT2D eigenvalue weighted by Gasteiger charge is 2.27. The van der Waals surface area contributed by atoms with Gasteiger partial charge < -0.3 is 15.2 Å². The van der Waals surface area contributed by atoms with Crippen molar-refractivity contribution in [3.05, 3.63) is 0 Å². The smallest absolute Gasteiger partial charge is 0.334 e. The van der Waals surface area contributed by atoms with Gasteiger partial charge in [0.1, 0.15) is 0 Å². The Morgan fingerprint density at radius 1 is 1.33 bits per heavy atom. The average molecular weight is 256 g/mol. The number of aliphatic carboxylic acids is 1. The number of carbonyl (C=O) groups excluding carboxylic acids is 1. The Bertz CT molecular complexity index is 315. The maximum absolute atomic E-state index is 11.8. The highest BCUT2D eigenvalue weighted by Crippen LogP contribution is 2.17. The molecule has 1 aliphatic heterocycles. The lowest BCUT2D eigenvalue weighted by molar-refractivity contribution is -0.156. The van der Waals surface area contributed by atoms with Crippen LogP contribution in [-0.4, -0.2) is 60.3 Å². The van der Waals surface area contributed by atoms with Gasteiger partial charge in [0.2, 0.25) is 5.91 Å². The molecule has 2 aliphatic rings. The lowest BCUT2D eigenvalue weighted by Gasteiger charge is -2.30. The minimum atomic E-state index is -0.962. The van der Waals surface area contributed by atoms with E-state index in [4.69, 9.17) is 9.84 Å². The van der Waals surface area contributed by atoms with E-state index < -0.39 is 12.1 Å². The second kappa shape index (κ2) is 6.15. The number of morpholine rings is 1. The molecule has 0 aromatic rings. The van der Waals surface area contributed by atoms with Crippen molar-refractivity contribution in [3.8, 4) is 0 Å². The van der Waals surface area contributed by atoms with E-state index in [0.29, 0.717) is 19.2 Å². The molecule has 6 nitrogen and oxygen atoms in total. The third-order valence-electron chi connectivity index (χ3n) is 3.51.